The second-order valence-corrected chi connectivity index (χ2v) is 6.76. The number of benzene rings is 2. The van der Waals surface area contributed by atoms with Crippen molar-refractivity contribution >= 4 is 33.9 Å². The number of aromatic nitrogens is 2. The minimum Gasteiger partial charge on any atom is -0.482 e. The molecule has 0 unspecified atom stereocenters. The number of nitrogens with zero attached hydrogens (tertiary/aromatic N) is 1. The zero-order valence-corrected chi connectivity index (χ0v) is 16.1. The van der Waals surface area contributed by atoms with Crippen LogP contribution in [0.5, 0.6) is 5.75 Å². The summed E-state index contributed by atoms with van der Waals surface area (Å²) in [6, 6.07) is 10.8. The Morgan fingerprint density at radius 2 is 2.13 bits per heavy atom. The lowest BCUT2D eigenvalue weighted by Gasteiger charge is -2.19. The highest BCUT2D eigenvalue weighted by molar-refractivity contribution is 5.95. The summed E-state index contributed by atoms with van der Waals surface area (Å²) in [5, 5.41) is 18.4. The number of nitrogens with one attached hydrogen (secondary N) is 4. The molecule has 4 rings (SSSR count). The van der Waals surface area contributed by atoms with Gasteiger partial charge < -0.3 is 30.8 Å². The van der Waals surface area contributed by atoms with Crippen LogP contribution >= 0.6 is 0 Å². The molecule has 154 valence electrons. The molecule has 0 radical (unpaired) electrons. The predicted octanol–water partition coefficient (Wildman–Crippen LogP) is 1.42. The number of hydrogen-bond acceptors (Lipinski definition) is 7. The highest BCUT2D eigenvalue weighted by Crippen LogP contribution is 2.28. The SMILES string of the molecule is C=C(NCc1ccc2c(c1)NC(=O)CO2)c1nc2cccc(NCCO)c2c(=O)[nH]1. The van der Waals surface area contributed by atoms with E-state index in [1.807, 2.05) is 12.1 Å². The molecule has 0 spiro atoms. The number of aromatic amines is 1. The maximum atomic E-state index is 12.6. The third-order valence-corrected chi connectivity index (χ3v) is 4.63. The molecule has 0 bridgehead atoms. The first kappa shape index (κ1) is 19.5. The molecule has 0 saturated carbocycles. The lowest BCUT2D eigenvalue weighted by atomic mass is 10.1. The standard InChI is InChI=1S/C21H21N5O4/c1-12(23-10-13-5-6-17-16(9-13)24-18(28)11-30-17)20-25-15-4-2-3-14(22-7-8-27)19(15)21(29)26-20/h2-6,9,22-23,27H,1,7-8,10-11H2,(H,24,28)(H,25,26,29). The van der Waals surface area contributed by atoms with Crippen molar-refractivity contribution in [3.05, 3.63) is 64.7 Å². The molecule has 0 saturated heterocycles. The number of rotatable bonds is 7. The van der Waals surface area contributed by atoms with Crippen molar-refractivity contribution in [2.45, 2.75) is 6.54 Å². The number of carbonyl (C=O) groups is 1. The summed E-state index contributed by atoms with van der Waals surface area (Å²) in [4.78, 5) is 31.4. The van der Waals surface area contributed by atoms with Crippen molar-refractivity contribution in [2.75, 3.05) is 30.4 Å². The number of amides is 1. The first-order valence-electron chi connectivity index (χ1n) is 9.41. The third-order valence-electron chi connectivity index (χ3n) is 4.63. The molecular weight excluding hydrogens is 386 g/mol. The maximum absolute atomic E-state index is 12.6. The quantitative estimate of drug-likeness (QED) is 0.401. The second-order valence-electron chi connectivity index (χ2n) is 6.76. The van der Waals surface area contributed by atoms with Gasteiger partial charge in [-0.2, -0.15) is 0 Å². The molecule has 2 heterocycles. The van der Waals surface area contributed by atoms with Gasteiger partial charge in [0, 0.05) is 18.8 Å². The zero-order valence-electron chi connectivity index (χ0n) is 16.1. The van der Waals surface area contributed by atoms with Crippen molar-refractivity contribution in [2.24, 2.45) is 0 Å². The number of fused-ring (bicyclic) bond motifs is 2. The molecule has 9 heteroatoms. The average Bonchev–Trinajstić information content (AvgIpc) is 2.75. The first-order valence-corrected chi connectivity index (χ1v) is 9.41. The van der Waals surface area contributed by atoms with E-state index in [1.165, 1.54) is 0 Å². The summed E-state index contributed by atoms with van der Waals surface area (Å²) in [5.41, 5.74) is 2.82. The Kier molecular flexibility index (Phi) is 5.36. The van der Waals surface area contributed by atoms with Crippen LogP contribution in [0.3, 0.4) is 0 Å². The van der Waals surface area contributed by atoms with Crippen LogP contribution in [0.25, 0.3) is 16.6 Å². The van der Waals surface area contributed by atoms with Gasteiger partial charge in [0.15, 0.2) is 12.4 Å². The van der Waals surface area contributed by atoms with Gasteiger partial charge in [0.25, 0.3) is 11.5 Å². The fourth-order valence-electron chi connectivity index (χ4n) is 3.20. The molecule has 0 fully saturated rings. The Hall–Kier alpha value is -3.85. The molecule has 5 N–H and O–H groups in total. The van der Waals surface area contributed by atoms with Gasteiger partial charge in [-0.3, -0.25) is 9.59 Å². The monoisotopic (exact) mass is 407 g/mol. The Balaban J connectivity index is 1.52. The van der Waals surface area contributed by atoms with Gasteiger partial charge in [-0.25, -0.2) is 4.98 Å². The van der Waals surface area contributed by atoms with E-state index in [4.69, 9.17) is 9.84 Å². The van der Waals surface area contributed by atoms with Gasteiger partial charge >= 0.3 is 0 Å². The summed E-state index contributed by atoms with van der Waals surface area (Å²) in [6.07, 6.45) is 0. The number of carbonyl (C=O) groups excluding carboxylic acids is 1. The fourth-order valence-corrected chi connectivity index (χ4v) is 3.20. The number of anilines is 2. The number of ether oxygens (including phenoxy) is 1. The lowest BCUT2D eigenvalue weighted by molar-refractivity contribution is -0.118. The van der Waals surface area contributed by atoms with Gasteiger partial charge in [0.05, 0.1) is 28.9 Å². The topological polar surface area (TPSA) is 128 Å². The average molecular weight is 407 g/mol. The molecule has 1 aromatic heterocycles. The number of hydrogen-bond donors (Lipinski definition) is 5. The van der Waals surface area contributed by atoms with Crippen LogP contribution in [-0.4, -0.2) is 40.7 Å². The predicted molar refractivity (Wildman–Crippen MR) is 114 cm³/mol. The van der Waals surface area contributed by atoms with E-state index >= 15 is 0 Å². The molecular formula is C21H21N5O4. The van der Waals surface area contributed by atoms with E-state index in [-0.39, 0.29) is 24.7 Å². The van der Waals surface area contributed by atoms with Crippen LogP contribution in [0.4, 0.5) is 11.4 Å². The molecule has 3 aromatic rings. The van der Waals surface area contributed by atoms with Crippen LogP contribution in [0, 0.1) is 0 Å². The summed E-state index contributed by atoms with van der Waals surface area (Å²) < 4.78 is 5.36. The molecule has 2 aromatic carbocycles. The van der Waals surface area contributed by atoms with Gasteiger partial charge in [-0.05, 0) is 29.8 Å². The van der Waals surface area contributed by atoms with Crippen molar-refractivity contribution < 1.29 is 14.6 Å². The van der Waals surface area contributed by atoms with Crippen LogP contribution in [0.1, 0.15) is 11.4 Å². The summed E-state index contributed by atoms with van der Waals surface area (Å²) >= 11 is 0. The highest BCUT2D eigenvalue weighted by Gasteiger charge is 2.16. The normalized spacial score (nSPS) is 12.6. The molecule has 1 aliphatic heterocycles. The van der Waals surface area contributed by atoms with Gasteiger partial charge in [-0.1, -0.05) is 18.7 Å². The Morgan fingerprint density at radius 3 is 2.97 bits per heavy atom. The minimum atomic E-state index is -0.298. The summed E-state index contributed by atoms with van der Waals surface area (Å²) in [6.45, 7) is 4.70. The Bertz CT molecular complexity index is 1190. The molecule has 0 aliphatic carbocycles. The van der Waals surface area contributed by atoms with E-state index in [9.17, 15) is 9.59 Å². The molecule has 1 aliphatic rings. The van der Waals surface area contributed by atoms with E-state index < -0.39 is 0 Å². The van der Waals surface area contributed by atoms with Gasteiger partial charge in [0.1, 0.15) is 5.75 Å². The fraction of sp³-hybridized carbons (Fsp3) is 0.190. The smallest absolute Gasteiger partial charge is 0.262 e. The van der Waals surface area contributed by atoms with E-state index in [1.54, 1.807) is 24.3 Å². The zero-order chi connectivity index (χ0) is 21.1. The largest absolute Gasteiger partial charge is 0.482 e. The summed E-state index contributed by atoms with van der Waals surface area (Å²) in [7, 11) is 0. The second kappa shape index (κ2) is 8.26. The van der Waals surface area contributed by atoms with Crippen molar-refractivity contribution in [1.29, 1.82) is 0 Å². The number of aliphatic hydroxyl groups excluding tert-OH is 1. The Labute approximate surface area is 171 Å². The van der Waals surface area contributed by atoms with Crippen LogP contribution in [0.15, 0.2) is 47.8 Å². The van der Waals surface area contributed by atoms with Crippen molar-refractivity contribution in [3.8, 4) is 5.75 Å². The van der Waals surface area contributed by atoms with E-state index in [0.717, 1.165) is 5.56 Å². The molecule has 0 atom stereocenters. The minimum absolute atomic E-state index is 0.0135. The van der Waals surface area contributed by atoms with Crippen LogP contribution in [0.2, 0.25) is 0 Å². The van der Waals surface area contributed by atoms with Gasteiger partial charge in [0.2, 0.25) is 0 Å². The molecule has 9 nitrogen and oxygen atoms in total. The first-order chi connectivity index (χ1) is 14.5. The molecule has 1 amide bonds. The highest BCUT2D eigenvalue weighted by atomic mass is 16.5. The molecule has 30 heavy (non-hydrogen) atoms. The van der Waals surface area contributed by atoms with Crippen LogP contribution < -0.4 is 26.2 Å². The number of H-pyrrole nitrogens is 1. The number of aliphatic hydroxyl groups is 1. The third kappa shape index (κ3) is 3.96. The van der Waals surface area contributed by atoms with E-state index in [2.05, 4.69) is 32.5 Å². The summed E-state index contributed by atoms with van der Waals surface area (Å²) in [5.74, 6) is 0.771. The lowest BCUT2D eigenvalue weighted by Crippen LogP contribution is -2.25. The maximum Gasteiger partial charge on any atom is 0.262 e. The van der Waals surface area contributed by atoms with Crippen LogP contribution in [-0.2, 0) is 11.3 Å². The Morgan fingerprint density at radius 1 is 1.27 bits per heavy atom. The van der Waals surface area contributed by atoms with E-state index in [0.29, 0.717) is 52.6 Å². The van der Waals surface area contributed by atoms with Crippen molar-refractivity contribution in [3.63, 3.8) is 0 Å². The van der Waals surface area contributed by atoms with Gasteiger partial charge in [-0.15, -0.1) is 0 Å². The van der Waals surface area contributed by atoms with Crippen molar-refractivity contribution in [1.82, 2.24) is 15.3 Å².